The zero-order valence-corrected chi connectivity index (χ0v) is 11.8. The van der Waals surface area contributed by atoms with Crippen LogP contribution in [-0.4, -0.2) is 32.3 Å². The van der Waals surface area contributed by atoms with Crippen LogP contribution >= 0.6 is 11.6 Å². The van der Waals surface area contributed by atoms with Crippen molar-refractivity contribution in [3.05, 3.63) is 17.2 Å². The fourth-order valence-corrected chi connectivity index (χ4v) is 2.67. The van der Waals surface area contributed by atoms with Gasteiger partial charge in [-0.1, -0.05) is 11.6 Å². The molecule has 2 heterocycles. The van der Waals surface area contributed by atoms with Crippen LogP contribution < -0.4 is 15.4 Å². The van der Waals surface area contributed by atoms with Crippen molar-refractivity contribution in [2.24, 2.45) is 5.92 Å². The number of rotatable bonds is 3. The molecule has 2 aliphatic rings. The lowest BCUT2D eigenvalue weighted by Crippen LogP contribution is -2.26. The molecule has 6 heteroatoms. The second-order valence-electron chi connectivity index (χ2n) is 5.10. The van der Waals surface area contributed by atoms with Crippen LogP contribution in [0.25, 0.3) is 0 Å². The molecule has 3 rings (SSSR count). The smallest absolute Gasteiger partial charge is 0.262 e. The molecule has 0 unspecified atom stereocenters. The zero-order chi connectivity index (χ0) is 13.9. The van der Waals surface area contributed by atoms with Crippen molar-refractivity contribution in [3.8, 4) is 5.75 Å². The summed E-state index contributed by atoms with van der Waals surface area (Å²) in [6.07, 6.45) is 2.14. The van der Waals surface area contributed by atoms with Crippen molar-refractivity contribution < 1.29 is 14.3 Å². The highest BCUT2D eigenvalue weighted by atomic mass is 35.5. The molecule has 2 N–H and O–H groups in total. The molecule has 0 bridgehead atoms. The molecule has 0 aliphatic carbocycles. The molecule has 20 heavy (non-hydrogen) atoms. The molecule has 0 saturated carbocycles. The number of carbonyl (C=O) groups is 1. The number of hydrogen-bond donors (Lipinski definition) is 2. The molecule has 1 amide bonds. The summed E-state index contributed by atoms with van der Waals surface area (Å²) in [7, 11) is 0. The van der Waals surface area contributed by atoms with E-state index in [0.717, 1.165) is 38.3 Å². The molecule has 108 valence electrons. The van der Waals surface area contributed by atoms with E-state index in [1.807, 2.05) is 6.07 Å². The van der Waals surface area contributed by atoms with E-state index < -0.39 is 0 Å². The minimum absolute atomic E-state index is 0.0496. The van der Waals surface area contributed by atoms with E-state index in [1.54, 1.807) is 6.07 Å². The van der Waals surface area contributed by atoms with Crippen LogP contribution in [0.3, 0.4) is 0 Å². The van der Waals surface area contributed by atoms with Crippen molar-refractivity contribution in [1.82, 2.24) is 0 Å². The topological polar surface area (TPSA) is 59.6 Å². The number of ether oxygens (including phenoxy) is 2. The van der Waals surface area contributed by atoms with Crippen molar-refractivity contribution in [2.45, 2.75) is 12.8 Å². The monoisotopic (exact) mass is 296 g/mol. The number of fused-ring (bicyclic) bond motifs is 1. The lowest BCUT2D eigenvalue weighted by Gasteiger charge is -2.24. The summed E-state index contributed by atoms with van der Waals surface area (Å²) < 4.78 is 10.7. The van der Waals surface area contributed by atoms with Crippen LogP contribution in [0, 0.1) is 5.92 Å². The van der Waals surface area contributed by atoms with Gasteiger partial charge in [-0.2, -0.15) is 0 Å². The highest BCUT2D eigenvalue weighted by molar-refractivity contribution is 6.33. The Morgan fingerprint density at radius 1 is 1.35 bits per heavy atom. The first-order valence-corrected chi connectivity index (χ1v) is 7.18. The van der Waals surface area contributed by atoms with Crippen molar-refractivity contribution in [2.75, 3.05) is 37.0 Å². The first kappa shape index (κ1) is 13.5. The van der Waals surface area contributed by atoms with Gasteiger partial charge in [0.05, 0.1) is 16.4 Å². The normalized spacial score (nSPS) is 18.9. The van der Waals surface area contributed by atoms with Gasteiger partial charge < -0.3 is 20.1 Å². The minimum Gasteiger partial charge on any atom is -0.482 e. The first-order valence-electron chi connectivity index (χ1n) is 6.80. The third-order valence-electron chi connectivity index (χ3n) is 3.62. The minimum atomic E-state index is -0.156. The van der Waals surface area contributed by atoms with Gasteiger partial charge in [0.2, 0.25) is 0 Å². The highest BCUT2D eigenvalue weighted by Gasteiger charge is 2.19. The number of amides is 1. The fraction of sp³-hybridized carbons (Fsp3) is 0.500. The summed E-state index contributed by atoms with van der Waals surface area (Å²) in [5.74, 6) is 1.11. The molecule has 0 radical (unpaired) electrons. The molecular formula is C14H17ClN2O3. The molecule has 5 nitrogen and oxygen atoms in total. The molecule has 2 aliphatic heterocycles. The average molecular weight is 297 g/mol. The van der Waals surface area contributed by atoms with Crippen molar-refractivity contribution >= 4 is 28.9 Å². The van der Waals surface area contributed by atoms with Crippen LogP contribution in [-0.2, 0) is 9.53 Å². The summed E-state index contributed by atoms with van der Waals surface area (Å²) in [5, 5.41) is 6.69. The Kier molecular flexibility index (Phi) is 3.98. The van der Waals surface area contributed by atoms with Gasteiger partial charge in [-0.25, -0.2) is 0 Å². The third kappa shape index (κ3) is 2.99. The summed E-state index contributed by atoms with van der Waals surface area (Å²) in [6, 6.07) is 3.57. The summed E-state index contributed by atoms with van der Waals surface area (Å²) in [5.41, 5.74) is 1.47. The lowest BCUT2D eigenvalue weighted by molar-refractivity contribution is -0.118. The van der Waals surface area contributed by atoms with Crippen LogP contribution in [0.2, 0.25) is 5.02 Å². The summed E-state index contributed by atoms with van der Waals surface area (Å²) in [4.78, 5) is 11.2. The predicted molar refractivity (Wildman–Crippen MR) is 77.6 cm³/mol. The Labute approximate surface area is 122 Å². The SMILES string of the molecule is O=C1COc2cc(NCC3CCOCC3)c(Cl)cc2N1. The molecule has 1 aromatic rings. The second kappa shape index (κ2) is 5.89. The Balaban J connectivity index is 1.68. The van der Waals surface area contributed by atoms with Gasteiger partial charge in [0.15, 0.2) is 6.61 Å². The Morgan fingerprint density at radius 3 is 2.95 bits per heavy atom. The molecular weight excluding hydrogens is 280 g/mol. The second-order valence-corrected chi connectivity index (χ2v) is 5.51. The number of benzene rings is 1. The van der Waals surface area contributed by atoms with Crippen LogP contribution in [0.5, 0.6) is 5.75 Å². The van der Waals surface area contributed by atoms with Gasteiger partial charge >= 0.3 is 0 Å². The average Bonchev–Trinajstić information content (AvgIpc) is 2.46. The van der Waals surface area contributed by atoms with Crippen molar-refractivity contribution in [3.63, 3.8) is 0 Å². The van der Waals surface area contributed by atoms with Gasteiger partial charge in [0.25, 0.3) is 5.91 Å². The lowest BCUT2D eigenvalue weighted by atomic mass is 10.0. The van der Waals surface area contributed by atoms with Gasteiger partial charge in [0, 0.05) is 25.8 Å². The van der Waals surface area contributed by atoms with Crippen LogP contribution in [0.15, 0.2) is 12.1 Å². The van der Waals surface area contributed by atoms with Crippen LogP contribution in [0.4, 0.5) is 11.4 Å². The van der Waals surface area contributed by atoms with Gasteiger partial charge in [-0.3, -0.25) is 4.79 Å². The predicted octanol–water partition coefficient (Wildman–Crippen LogP) is 2.51. The Bertz CT molecular complexity index is 515. The largest absolute Gasteiger partial charge is 0.482 e. The van der Waals surface area contributed by atoms with Crippen LogP contribution in [0.1, 0.15) is 12.8 Å². The molecule has 1 saturated heterocycles. The maximum absolute atomic E-state index is 11.2. The summed E-state index contributed by atoms with van der Waals surface area (Å²) >= 11 is 6.23. The molecule has 0 atom stereocenters. The number of hydrogen-bond acceptors (Lipinski definition) is 4. The zero-order valence-electron chi connectivity index (χ0n) is 11.1. The molecule has 0 aromatic heterocycles. The van der Waals surface area contributed by atoms with Gasteiger partial charge in [0.1, 0.15) is 5.75 Å². The molecule has 0 spiro atoms. The maximum Gasteiger partial charge on any atom is 0.262 e. The van der Waals surface area contributed by atoms with E-state index >= 15 is 0 Å². The maximum atomic E-state index is 11.2. The fourth-order valence-electron chi connectivity index (χ4n) is 2.44. The number of anilines is 2. The molecule has 1 fully saturated rings. The van der Waals surface area contributed by atoms with Crippen molar-refractivity contribution in [1.29, 1.82) is 0 Å². The Morgan fingerprint density at radius 2 is 2.15 bits per heavy atom. The highest BCUT2D eigenvalue weighted by Crippen LogP contribution is 2.36. The van der Waals surface area contributed by atoms with E-state index in [9.17, 15) is 4.79 Å². The number of nitrogens with one attached hydrogen (secondary N) is 2. The number of carbonyl (C=O) groups excluding carboxylic acids is 1. The summed E-state index contributed by atoms with van der Waals surface area (Å²) in [6.45, 7) is 2.58. The van der Waals surface area contributed by atoms with Gasteiger partial charge in [-0.15, -0.1) is 0 Å². The Hall–Kier alpha value is -1.46. The standard InChI is InChI=1S/C14H17ClN2O3/c15-10-5-12-13(20-8-14(18)17-12)6-11(10)16-7-9-1-3-19-4-2-9/h5-6,9,16H,1-4,7-8H2,(H,17,18). The van der Waals surface area contributed by atoms with E-state index in [-0.39, 0.29) is 12.5 Å². The van der Waals surface area contributed by atoms with E-state index in [2.05, 4.69) is 10.6 Å². The van der Waals surface area contributed by atoms with E-state index in [0.29, 0.717) is 22.4 Å². The first-order chi connectivity index (χ1) is 9.72. The van der Waals surface area contributed by atoms with E-state index in [4.69, 9.17) is 21.1 Å². The third-order valence-corrected chi connectivity index (χ3v) is 3.94. The van der Waals surface area contributed by atoms with Gasteiger partial charge in [-0.05, 0) is 24.8 Å². The van der Waals surface area contributed by atoms with E-state index in [1.165, 1.54) is 0 Å². The quantitative estimate of drug-likeness (QED) is 0.900. The molecule has 1 aromatic carbocycles. The number of halogens is 1.